The first-order valence-electron chi connectivity index (χ1n) is 9.79. The molecule has 3 atom stereocenters. The summed E-state index contributed by atoms with van der Waals surface area (Å²) in [7, 11) is 0. The number of nitrogens with one attached hydrogen (secondary N) is 1. The number of alkyl halides is 2. The molecule has 6 heteroatoms. The van der Waals surface area contributed by atoms with Gasteiger partial charge in [0.2, 0.25) is 0 Å². The molecule has 150 valence electrons. The summed E-state index contributed by atoms with van der Waals surface area (Å²) in [6.45, 7) is 4.56. The minimum atomic E-state index is -1.01. The molecule has 1 aromatic rings. The Morgan fingerprint density at radius 3 is 2.59 bits per heavy atom. The molecule has 0 radical (unpaired) electrons. The molecular weight excluding hydrogens is 388 g/mol. The van der Waals surface area contributed by atoms with Crippen LogP contribution >= 0.6 is 23.4 Å². The molecule has 1 amide bonds. The molecule has 0 saturated heterocycles. The fourth-order valence-electron chi connectivity index (χ4n) is 3.88. The van der Waals surface area contributed by atoms with Crippen molar-refractivity contribution in [3.05, 3.63) is 29.6 Å². The maximum atomic E-state index is 14.3. The lowest BCUT2D eigenvalue weighted by atomic mass is 9.77. The maximum absolute atomic E-state index is 14.3. The van der Waals surface area contributed by atoms with Gasteiger partial charge in [0.1, 0.15) is 12.0 Å². The van der Waals surface area contributed by atoms with E-state index in [1.54, 1.807) is 17.8 Å². The van der Waals surface area contributed by atoms with Crippen LogP contribution in [-0.2, 0) is 0 Å². The van der Waals surface area contributed by atoms with E-state index in [1.807, 2.05) is 0 Å². The molecule has 2 aliphatic carbocycles. The predicted octanol–water partition coefficient (Wildman–Crippen LogP) is 6.11. The average Bonchev–Trinajstić information content (AvgIpc) is 2.61. The third-order valence-electron chi connectivity index (χ3n) is 5.80. The molecule has 3 rings (SSSR count). The SMILES string of the molecule is CC1(C)CCC(Sc2cc(C(=O)NC3CCC(F)C(Cl)C3)ccc2F)CC1. The van der Waals surface area contributed by atoms with Gasteiger partial charge in [0.25, 0.3) is 5.91 Å². The number of halogens is 3. The number of rotatable bonds is 4. The molecule has 1 N–H and O–H groups in total. The van der Waals surface area contributed by atoms with Gasteiger partial charge in [-0.3, -0.25) is 4.79 Å². The second kappa shape index (κ2) is 8.69. The number of thioether (sulfide) groups is 1. The van der Waals surface area contributed by atoms with Gasteiger partial charge in [-0.05, 0) is 68.6 Å². The molecular formula is C21H28ClF2NOS. The molecule has 2 fully saturated rings. The first kappa shape index (κ1) is 20.9. The summed E-state index contributed by atoms with van der Waals surface area (Å²) >= 11 is 7.53. The van der Waals surface area contributed by atoms with Crippen LogP contribution in [0.15, 0.2) is 23.1 Å². The second-order valence-corrected chi connectivity index (χ2v) is 10.5. The van der Waals surface area contributed by atoms with E-state index in [9.17, 15) is 13.6 Å². The summed E-state index contributed by atoms with van der Waals surface area (Å²) in [5, 5.41) is 2.76. The molecule has 0 aliphatic heterocycles. The van der Waals surface area contributed by atoms with Crippen molar-refractivity contribution in [2.45, 2.75) is 86.5 Å². The molecule has 0 aromatic heterocycles. The molecule has 3 unspecified atom stereocenters. The van der Waals surface area contributed by atoms with Crippen LogP contribution in [0.4, 0.5) is 8.78 Å². The van der Waals surface area contributed by atoms with E-state index in [4.69, 9.17) is 11.6 Å². The van der Waals surface area contributed by atoms with Crippen LogP contribution in [0, 0.1) is 11.2 Å². The highest BCUT2D eigenvalue weighted by atomic mass is 35.5. The van der Waals surface area contributed by atoms with E-state index in [2.05, 4.69) is 19.2 Å². The highest BCUT2D eigenvalue weighted by Gasteiger charge is 2.30. The summed E-state index contributed by atoms with van der Waals surface area (Å²) in [4.78, 5) is 13.1. The van der Waals surface area contributed by atoms with E-state index in [0.29, 0.717) is 40.4 Å². The Kier molecular flexibility index (Phi) is 6.73. The van der Waals surface area contributed by atoms with Crippen molar-refractivity contribution in [1.82, 2.24) is 5.32 Å². The lowest BCUT2D eigenvalue weighted by Crippen LogP contribution is -2.42. The zero-order chi connectivity index (χ0) is 19.6. The zero-order valence-corrected chi connectivity index (χ0v) is 17.5. The summed E-state index contributed by atoms with van der Waals surface area (Å²) in [5.74, 6) is -0.520. The number of carbonyl (C=O) groups is 1. The summed E-state index contributed by atoms with van der Waals surface area (Å²) < 4.78 is 27.8. The molecule has 0 heterocycles. The van der Waals surface area contributed by atoms with E-state index < -0.39 is 11.5 Å². The van der Waals surface area contributed by atoms with Crippen LogP contribution in [0.25, 0.3) is 0 Å². The highest BCUT2D eigenvalue weighted by Crippen LogP contribution is 2.42. The van der Waals surface area contributed by atoms with Crippen LogP contribution in [-0.4, -0.2) is 28.7 Å². The lowest BCUT2D eigenvalue weighted by Gasteiger charge is -2.34. The maximum Gasteiger partial charge on any atom is 0.251 e. The fraction of sp³-hybridized carbons (Fsp3) is 0.667. The number of hydrogen-bond donors (Lipinski definition) is 1. The van der Waals surface area contributed by atoms with E-state index in [1.165, 1.54) is 12.1 Å². The minimum Gasteiger partial charge on any atom is -0.349 e. The zero-order valence-electron chi connectivity index (χ0n) is 15.9. The van der Waals surface area contributed by atoms with Crippen LogP contribution in [0.2, 0.25) is 0 Å². The second-order valence-electron chi connectivity index (χ2n) is 8.64. The first-order chi connectivity index (χ1) is 12.7. The van der Waals surface area contributed by atoms with Crippen molar-refractivity contribution in [3.8, 4) is 0 Å². The fourth-order valence-corrected chi connectivity index (χ4v) is 5.43. The summed E-state index contributed by atoms with van der Waals surface area (Å²) in [5.41, 5.74) is 0.819. The Labute approximate surface area is 169 Å². The van der Waals surface area contributed by atoms with Gasteiger partial charge in [-0.25, -0.2) is 8.78 Å². The van der Waals surface area contributed by atoms with Gasteiger partial charge >= 0.3 is 0 Å². The van der Waals surface area contributed by atoms with Crippen molar-refractivity contribution in [2.75, 3.05) is 0 Å². The van der Waals surface area contributed by atoms with Crippen LogP contribution in [0.3, 0.4) is 0 Å². The Morgan fingerprint density at radius 1 is 1.22 bits per heavy atom. The minimum absolute atomic E-state index is 0.131. The van der Waals surface area contributed by atoms with Crippen molar-refractivity contribution < 1.29 is 13.6 Å². The van der Waals surface area contributed by atoms with E-state index in [-0.39, 0.29) is 17.8 Å². The van der Waals surface area contributed by atoms with Crippen LogP contribution in [0.5, 0.6) is 0 Å². The first-order valence-corrected chi connectivity index (χ1v) is 11.1. The molecule has 2 aliphatic rings. The Balaban J connectivity index is 1.61. The molecule has 0 spiro atoms. The largest absolute Gasteiger partial charge is 0.349 e. The molecule has 0 bridgehead atoms. The standard InChI is InChI=1S/C21H28ClF2NOS/c1-21(2)9-7-15(8-10-21)27-19-11-13(3-5-18(19)24)20(26)25-14-4-6-17(23)16(22)12-14/h3,5,11,14-17H,4,6-10,12H2,1-2H3,(H,25,26). The van der Waals surface area contributed by atoms with Gasteiger partial charge in [-0.2, -0.15) is 0 Å². The molecule has 1 aromatic carbocycles. The van der Waals surface area contributed by atoms with Gasteiger partial charge < -0.3 is 5.32 Å². The average molecular weight is 416 g/mol. The van der Waals surface area contributed by atoms with Crippen molar-refractivity contribution in [2.24, 2.45) is 5.41 Å². The summed E-state index contributed by atoms with van der Waals surface area (Å²) in [6, 6.07) is 4.40. The van der Waals surface area contributed by atoms with Crippen molar-refractivity contribution in [3.63, 3.8) is 0 Å². The van der Waals surface area contributed by atoms with E-state index in [0.717, 1.165) is 25.7 Å². The van der Waals surface area contributed by atoms with Gasteiger partial charge in [0, 0.05) is 21.8 Å². The van der Waals surface area contributed by atoms with Gasteiger partial charge in [0.15, 0.2) is 0 Å². The number of hydrogen-bond acceptors (Lipinski definition) is 2. The highest BCUT2D eigenvalue weighted by molar-refractivity contribution is 8.00. The quantitative estimate of drug-likeness (QED) is 0.600. The summed E-state index contributed by atoms with van der Waals surface area (Å²) in [6.07, 6.45) is 4.78. The normalized spacial score (nSPS) is 28.7. The number of amides is 1. The lowest BCUT2D eigenvalue weighted by molar-refractivity contribution is 0.0917. The topological polar surface area (TPSA) is 29.1 Å². The van der Waals surface area contributed by atoms with Crippen molar-refractivity contribution in [1.29, 1.82) is 0 Å². The van der Waals surface area contributed by atoms with Gasteiger partial charge in [0.05, 0.1) is 5.38 Å². The monoisotopic (exact) mass is 415 g/mol. The molecule has 27 heavy (non-hydrogen) atoms. The Hall–Kier alpha value is -0.810. The smallest absolute Gasteiger partial charge is 0.251 e. The third-order valence-corrected chi connectivity index (χ3v) is 7.62. The van der Waals surface area contributed by atoms with Crippen LogP contribution in [0.1, 0.15) is 69.2 Å². The number of benzene rings is 1. The third kappa shape index (κ3) is 5.60. The molecule has 2 nitrogen and oxygen atoms in total. The van der Waals surface area contributed by atoms with Gasteiger partial charge in [-0.15, -0.1) is 23.4 Å². The van der Waals surface area contributed by atoms with Crippen LogP contribution < -0.4 is 5.32 Å². The number of carbonyl (C=O) groups excluding carboxylic acids is 1. The molecule has 2 saturated carbocycles. The van der Waals surface area contributed by atoms with E-state index >= 15 is 0 Å². The van der Waals surface area contributed by atoms with Gasteiger partial charge in [-0.1, -0.05) is 13.8 Å². The Morgan fingerprint density at radius 2 is 1.93 bits per heavy atom. The Bertz CT molecular complexity index is 674. The predicted molar refractivity (Wildman–Crippen MR) is 108 cm³/mol. The van der Waals surface area contributed by atoms with Crippen molar-refractivity contribution >= 4 is 29.3 Å².